The highest BCUT2D eigenvalue weighted by Gasteiger charge is 2.16. The standard InChI is InChI=1S/C12H16FNO/c1-9-2-3-11(13)12(6-9)15-5-4-10-7-14-8-10/h2-3,6,10,14H,4-5,7-8H2,1H3. The molecule has 0 aromatic heterocycles. The van der Waals surface area contributed by atoms with E-state index in [0.717, 1.165) is 25.1 Å². The third kappa shape index (κ3) is 2.69. The molecule has 82 valence electrons. The summed E-state index contributed by atoms with van der Waals surface area (Å²) in [6.45, 7) is 4.67. The summed E-state index contributed by atoms with van der Waals surface area (Å²) in [5, 5.41) is 3.20. The Hall–Kier alpha value is -1.09. The van der Waals surface area contributed by atoms with E-state index in [2.05, 4.69) is 5.32 Å². The number of benzene rings is 1. The smallest absolute Gasteiger partial charge is 0.165 e. The highest BCUT2D eigenvalue weighted by Crippen LogP contribution is 2.19. The molecule has 1 N–H and O–H groups in total. The van der Waals surface area contributed by atoms with Crippen LogP contribution in [0.3, 0.4) is 0 Å². The SMILES string of the molecule is Cc1ccc(F)c(OCCC2CNC2)c1. The molecule has 15 heavy (non-hydrogen) atoms. The van der Waals surface area contributed by atoms with E-state index in [-0.39, 0.29) is 5.82 Å². The van der Waals surface area contributed by atoms with Crippen molar-refractivity contribution in [2.24, 2.45) is 5.92 Å². The maximum absolute atomic E-state index is 13.3. The number of ether oxygens (including phenoxy) is 1. The molecule has 1 aliphatic heterocycles. The van der Waals surface area contributed by atoms with Gasteiger partial charge in [0.2, 0.25) is 0 Å². The zero-order valence-corrected chi connectivity index (χ0v) is 8.92. The quantitative estimate of drug-likeness (QED) is 0.820. The molecule has 0 saturated carbocycles. The van der Waals surface area contributed by atoms with E-state index >= 15 is 0 Å². The van der Waals surface area contributed by atoms with E-state index in [1.165, 1.54) is 6.07 Å². The lowest BCUT2D eigenvalue weighted by Gasteiger charge is -2.26. The average Bonchev–Trinajstić information content (AvgIpc) is 2.15. The Morgan fingerprint density at radius 3 is 2.93 bits per heavy atom. The van der Waals surface area contributed by atoms with Crippen LogP contribution >= 0.6 is 0 Å². The monoisotopic (exact) mass is 209 g/mol. The van der Waals surface area contributed by atoms with Gasteiger partial charge in [-0.3, -0.25) is 0 Å². The van der Waals surface area contributed by atoms with Crippen molar-refractivity contribution in [2.45, 2.75) is 13.3 Å². The first-order valence-electron chi connectivity index (χ1n) is 5.35. The first kappa shape index (κ1) is 10.4. The van der Waals surface area contributed by atoms with Gasteiger partial charge >= 0.3 is 0 Å². The normalized spacial score (nSPS) is 16.1. The van der Waals surface area contributed by atoms with Gasteiger partial charge in [0.05, 0.1) is 6.61 Å². The first-order chi connectivity index (χ1) is 7.25. The molecule has 0 aliphatic carbocycles. The van der Waals surface area contributed by atoms with Gasteiger partial charge in [0, 0.05) is 0 Å². The number of hydrogen-bond acceptors (Lipinski definition) is 2. The molecular weight excluding hydrogens is 193 g/mol. The van der Waals surface area contributed by atoms with Gasteiger partial charge in [0.15, 0.2) is 11.6 Å². The molecule has 0 radical (unpaired) electrons. The molecule has 1 aliphatic rings. The van der Waals surface area contributed by atoms with E-state index in [1.54, 1.807) is 12.1 Å². The molecule has 0 amide bonds. The summed E-state index contributed by atoms with van der Waals surface area (Å²) >= 11 is 0. The van der Waals surface area contributed by atoms with Crippen LogP contribution in [0.1, 0.15) is 12.0 Å². The molecule has 0 bridgehead atoms. The fourth-order valence-electron chi connectivity index (χ4n) is 1.61. The van der Waals surface area contributed by atoms with Gasteiger partial charge in [-0.05, 0) is 50.0 Å². The Morgan fingerprint density at radius 2 is 2.27 bits per heavy atom. The minimum Gasteiger partial charge on any atom is -0.490 e. The zero-order chi connectivity index (χ0) is 10.7. The van der Waals surface area contributed by atoms with Crippen LogP contribution in [-0.2, 0) is 0 Å². The average molecular weight is 209 g/mol. The maximum atomic E-state index is 13.3. The van der Waals surface area contributed by atoms with Crippen molar-refractivity contribution in [2.75, 3.05) is 19.7 Å². The van der Waals surface area contributed by atoms with Crippen molar-refractivity contribution in [1.82, 2.24) is 5.32 Å². The van der Waals surface area contributed by atoms with Crippen molar-refractivity contribution >= 4 is 0 Å². The van der Waals surface area contributed by atoms with E-state index < -0.39 is 0 Å². The second-order valence-corrected chi connectivity index (χ2v) is 4.10. The molecule has 0 atom stereocenters. The van der Waals surface area contributed by atoms with Crippen molar-refractivity contribution in [1.29, 1.82) is 0 Å². The van der Waals surface area contributed by atoms with Crippen molar-refractivity contribution in [3.63, 3.8) is 0 Å². The van der Waals surface area contributed by atoms with E-state index in [9.17, 15) is 4.39 Å². The lowest BCUT2D eigenvalue weighted by Crippen LogP contribution is -2.42. The summed E-state index contributed by atoms with van der Waals surface area (Å²) in [5.74, 6) is 0.812. The third-order valence-electron chi connectivity index (χ3n) is 2.74. The van der Waals surface area contributed by atoms with Crippen LogP contribution < -0.4 is 10.1 Å². The van der Waals surface area contributed by atoms with Crippen LogP contribution in [0.2, 0.25) is 0 Å². The summed E-state index contributed by atoms with van der Waals surface area (Å²) in [7, 11) is 0. The third-order valence-corrected chi connectivity index (χ3v) is 2.74. The summed E-state index contributed by atoms with van der Waals surface area (Å²) in [6.07, 6.45) is 1.00. The summed E-state index contributed by atoms with van der Waals surface area (Å²) in [6, 6.07) is 4.95. The second-order valence-electron chi connectivity index (χ2n) is 4.10. The fraction of sp³-hybridized carbons (Fsp3) is 0.500. The van der Waals surface area contributed by atoms with Gasteiger partial charge in [0.25, 0.3) is 0 Å². The highest BCUT2D eigenvalue weighted by molar-refractivity contribution is 5.29. The van der Waals surface area contributed by atoms with Crippen molar-refractivity contribution in [3.05, 3.63) is 29.6 Å². The molecule has 2 nitrogen and oxygen atoms in total. The van der Waals surface area contributed by atoms with Crippen LogP contribution in [0.4, 0.5) is 4.39 Å². The molecule has 1 aromatic rings. The minimum absolute atomic E-state index is 0.271. The lowest BCUT2D eigenvalue weighted by atomic mass is 10.0. The van der Waals surface area contributed by atoms with Crippen LogP contribution in [0.15, 0.2) is 18.2 Å². The molecule has 3 heteroatoms. The minimum atomic E-state index is -0.271. The number of rotatable bonds is 4. The van der Waals surface area contributed by atoms with E-state index in [4.69, 9.17) is 4.74 Å². The number of nitrogens with one attached hydrogen (secondary N) is 1. The molecule has 2 rings (SSSR count). The zero-order valence-electron chi connectivity index (χ0n) is 8.92. The Morgan fingerprint density at radius 1 is 1.47 bits per heavy atom. The first-order valence-corrected chi connectivity index (χ1v) is 5.35. The Kier molecular flexibility index (Phi) is 3.21. The van der Waals surface area contributed by atoms with Crippen LogP contribution in [-0.4, -0.2) is 19.7 Å². The van der Waals surface area contributed by atoms with Gasteiger partial charge in [-0.25, -0.2) is 4.39 Å². The lowest BCUT2D eigenvalue weighted by molar-refractivity contribution is 0.232. The number of aryl methyl sites for hydroxylation is 1. The Balaban J connectivity index is 1.83. The molecule has 0 spiro atoms. The van der Waals surface area contributed by atoms with Gasteiger partial charge in [-0.1, -0.05) is 6.07 Å². The highest BCUT2D eigenvalue weighted by atomic mass is 19.1. The molecule has 1 fully saturated rings. The number of halogens is 1. The van der Waals surface area contributed by atoms with Crippen molar-refractivity contribution < 1.29 is 9.13 Å². The summed E-state index contributed by atoms with van der Waals surface area (Å²) in [4.78, 5) is 0. The fourth-order valence-corrected chi connectivity index (χ4v) is 1.61. The van der Waals surface area contributed by atoms with Gasteiger partial charge in [-0.15, -0.1) is 0 Å². The Labute approximate surface area is 89.4 Å². The van der Waals surface area contributed by atoms with Gasteiger partial charge < -0.3 is 10.1 Å². The molecule has 1 saturated heterocycles. The van der Waals surface area contributed by atoms with Crippen molar-refractivity contribution in [3.8, 4) is 5.75 Å². The second kappa shape index (κ2) is 4.62. The van der Waals surface area contributed by atoms with Crippen LogP contribution in [0.25, 0.3) is 0 Å². The molecular formula is C12H16FNO. The molecule has 0 unspecified atom stereocenters. The predicted molar refractivity (Wildman–Crippen MR) is 57.6 cm³/mol. The van der Waals surface area contributed by atoms with Gasteiger partial charge in [0.1, 0.15) is 0 Å². The Bertz CT molecular complexity index is 336. The van der Waals surface area contributed by atoms with Gasteiger partial charge in [-0.2, -0.15) is 0 Å². The van der Waals surface area contributed by atoms with E-state index in [0.29, 0.717) is 18.3 Å². The molecule has 1 aromatic carbocycles. The maximum Gasteiger partial charge on any atom is 0.165 e. The predicted octanol–water partition coefficient (Wildman–Crippen LogP) is 2.12. The van der Waals surface area contributed by atoms with Crippen LogP contribution in [0, 0.1) is 18.7 Å². The van der Waals surface area contributed by atoms with E-state index in [1.807, 2.05) is 6.92 Å². The largest absolute Gasteiger partial charge is 0.490 e. The summed E-state index contributed by atoms with van der Waals surface area (Å²) in [5.41, 5.74) is 1.02. The summed E-state index contributed by atoms with van der Waals surface area (Å²) < 4.78 is 18.7. The number of hydrogen-bond donors (Lipinski definition) is 1. The van der Waals surface area contributed by atoms with Crippen LogP contribution in [0.5, 0.6) is 5.75 Å². The topological polar surface area (TPSA) is 21.3 Å². The molecule has 1 heterocycles.